The van der Waals surface area contributed by atoms with Gasteiger partial charge < -0.3 is 14.2 Å². The van der Waals surface area contributed by atoms with Gasteiger partial charge in [-0.25, -0.2) is 4.98 Å². The number of carbonyl (C=O) groups is 2. The summed E-state index contributed by atoms with van der Waals surface area (Å²) >= 11 is 1.24. The van der Waals surface area contributed by atoms with E-state index in [1.165, 1.54) is 25.6 Å². The van der Waals surface area contributed by atoms with E-state index in [9.17, 15) is 14.9 Å². The van der Waals surface area contributed by atoms with Crippen LogP contribution in [0, 0.1) is 18.3 Å². The zero-order valence-electron chi connectivity index (χ0n) is 15.4. The van der Waals surface area contributed by atoms with Crippen molar-refractivity contribution in [3.63, 3.8) is 0 Å². The van der Waals surface area contributed by atoms with E-state index < -0.39 is 24.3 Å². The number of nitriles is 1. The first-order valence-electron chi connectivity index (χ1n) is 8.20. The SMILES string of the molecule is COc1cccc(CCC(=O)OCC(=O)[C@@H](C#N)c2nc(C)cs2)c1OC. The molecule has 0 saturated carbocycles. The Morgan fingerprint density at radius 3 is 2.67 bits per heavy atom. The quantitative estimate of drug-likeness (QED) is 0.609. The number of hydrogen-bond acceptors (Lipinski definition) is 8. The van der Waals surface area contributed by atoms with E-state index in [0.717, 1.165) is 11.3 Å². The zero-order chi connectivity index (χ0) is 19.8. The van der Waals surface area contributed by atoms with Crippen molar-refractivity contribution in [2.75, 3.05) is 20.8 Å². The normalized spacial score (nSPS) is 11.3. The van der Waals surface area contributed by atoms with Crippen molar-refractivity contribution < 1.29 is 23.8 Å². The Balaban J connectivity index is 1.89. The number of thiazole rings is 1. The van der Waals surface area contributed by atoms with E-state index in [1.807, 2.05) is 12.1 Å². The molecule has 0 aliphatic rings. The highest BCUT2D eigenvalue weighted by molar-refractivity contribution is 7.09. The number of aromatic nitrogens is 1. The van der Waals surface area contributed by atoms with Gasteiger partial charge in [-0.3, -0.25) is 9.59 Å². The monoisotopic (exact) mass is 388 g/mol. The molecule has 2 rings (SSSR count). The summed E-state index contributed by atoms with van der Waals surface area (Å²) in [5.74, 6) is -0.893. The Morgan fingerprint density at radius 1 is 1.30 bits per heavy atom. The van der Waals surface area contributed by atoms with Crippen molar-refractivity contribution in [2.24, 2.45) is 0 Å². The molecule has 1 heterocycles. The first kappa shape index (κ1) is 20.4. The van der Waals surface area contributed by atoms with Crippen LogP contribution in [0.5, 0.6) is 11.5 Å². The van der Waals surface area contributed by atoms with Crippen LogP contribution in [0.2, 0.25) is 0 Å². The lowest BCUT2D eigenvalue weighted by Crippen LogP contribution is -2.20. The van der Waals surface area contributed by atoms with E-state index in [4.69, 9.17) is 14.2 Å². The van der Waals surface area contributed by atoms with Gasteiger partial charge in [-0.15, -0.1) is 11.3 Å². The highest BCUT2D eigenvalue weighted by Gasteiger charge is 2.24. The van der Waals surface area contributed by atoms with Crippen molar-refractivity contribution in [3.8, 4) is 17.6 Å². The highest BCUT2D eigenvalue weighted by atomic mass is 32.1. The number of aryl methyl sites for hydroxylation is 2. The molecule has 0 unspecified atom stereocenters. The van der Waals surface area contributed by atoms with E-state index in [0.29, 0.717) is 22.9 Å². The van der Waals surface area contributed by atoms with E-state index in [1.54, 1.807) is 24.4 Å². The fourth-order valence-electron chi connectivity index (χ4n) is 2.46. The molecule has 0 aliphatic carbocycles. The van der Waals surface area contributed by atoms with Gasteiger partial charge in [0.05, 0.1) is 20.3 Å². The Labute approximate surface area is 161 Å². The van der Waals surface area contributed by atoms with Crippen molar-refractivity contribution in [1.29, 1.82) is 5.26 Å². The molecule has 1 aromatic heterocycles. The second-order valence-electron chi connectivity index (χ2n) is 5.67. The minimum atomic E-state index is -1.02. The number of benzene rings is 1. The van der Waals surface area contributed by atoms with Crippen LogP contribution in [0.4, 0.5) is 0 Å². The first-order valence-corrected chi connectivity index (χ1v) is 9.08. The van der Waals surface area contributed by atoms with Gasteiger partial charge in [0.1, 0.15) is 5.01 Å². The molecular formula is C19H20N2O5S. The van der Waals surface area contributed by atoms with E-state index in [-0.39, 0.29) is 6.42 Å². The summed E-state index contributed by atoms with van der Waals surface area (Å²) in [6, 6.07) is 7.32. The van der Waals surface area contributed by atoms with Gasteiger partial charge in [0, 0.05) is 17.5 Å². The number of carbonyl (C=O) groups excluding carboxylic acids is 2. The lowest BCUT2D eigenvalue weighted by molar-refractivity contribution is -0.148. The van der Waals surface area contributed by atoms with E-state index >= 15 is 0 Å². The minimum absolute atomic E-state index is 0.0738. The number of Topliss-reactive ketones (excluding diaryl/α,β-unsaturated/α-hetero) is 1. The smallest absolute Gasteiger partial charge is 0.306 e. The Kier molecular flexibility index (Phi) is 7.32. The third kappa shape index (κ3) is 5.28. The lowest BCUT2D eigenvalue weighted by atomic mass is 10.1. The van der Waals surface area contributed by atoms with Gasteiger partial charge in [-0.2, -0.15) is 5.26 Å². The summed E-state index contributed by atoms with van der Waals surface area (Å²) in [6.45, 7) is 1.33. The second kappa shape index (κ2) is 9.69. The molecule has 1 atom stereocenters. The van der Waals surface area contributed by atoms with Crippen LogP contribution in [-0.4, -0.2) is 37.6 Å². The van der Waals surface area contributed by atoms with Gasteiger partial charge in [0.25, 0.3) is 0 Å². The number of rotatable bonds is 9. The summed E-state index contributed by atoms with van der Waals surface area (Å²) in [5, 5.41) is 11.4. The number of para-hydroxylation sites is 1. The molecule has 0 fully saturated rings. The number of esters is 1. The average Bonchev–Trinajstić information content (AvgIpc) is 3.10. The maximum atomic E-state index is 12.2. The largest absolute Gasteiger partial charge is 0.493 e. The third-order valence-corrected chi connectivity index (χ3v) is 4.82. The van der Waals surface area contributed by atoms with Crippen LogP contribution in [-0.2, 0) is 20.7 Å². The Hall–Kier alpha value is -2.92. The number of methoxy groups -OCH3 is 2. The van der Waals surface area contributed by atoms with Gasteiger partial charge >= 0.3 is 5.97 Å². The maximum Gasteiger partial charge on any atom is 0.306 e. The van der Waals surface area contributed by atoms with Crippen LogP contribution < -0.4 is 9.47 Å². The number of nitrogens with zero attached hydrogens (tertiary/aromatic N) is 2. The van der Waals surface area contributed by atoms with Crippen LogP contribution in [0.1, 0.15) is 28.6 Å². The van der Waals surface area contributed by atoms with Crippen LogP contribution in [0.3, 0.4) is 0 Å². The molecule has 0 radical (unpaired) electrons. The molecule has 0 saturated heterocycles. The lowest BCUT2D eigenvalue weighted by Gasteiger charge is -2.12. The molecule has 0 spiro atoms. The van der Waals surface area contributed by atoms with E-state index in [2.05, 4.69) is 4.98 Å². The summed E-state index contributed by atoms with van der Waals surface area (Å²) in [4.78, 5) is 28.3. The van der Waals surface area contributed by atoms with Crippen LogP contribution in [0.25, 0.3) is 0 Å². The van der Waals surface area contributed by atoms with Crippen molar-refractivity contribution >= 4 is 23.1 Å². The van der Waals surface area contributed by atoms with Crippen molar-refractivity contribution in [3.05, 3.63) is 39.8 Å². The van der Waals surface area contributed by atoms with Gasteiger partial charge in [-0.05, 0) is 25.0 Å². The Bertz CT molecular complexity index is 856. The second-order valence-corrected chi connectivity index (χ2v) is 6.56. The van der Waals surface area contributed by atoms with Crippen molar-refractivity contribution in [2.45, 2.75) is 25.7 Å². The third-order valence-electron chi connectivity index (χ3n) is 3.79. The topological polar surface area (TPSA) is 98.5 Å². The first-order chi connectivity index (χ1) is 13.0. The minimum Gasteiger partial charge on any atom is -0.493 e. The predicted molar refractivity (Wildman–Crippen MR) is 99.0 cm³/mol. The molecule has 2 aromatic rings. The van der Waals surface area contributed by atoms with Crippen molar-refractivity contribution in [1.82, 2.24) is 4.98 Å². The van der Waals surface area contributed by atoms with Crippen LogP contribution >= 0.6 is 11.3 Å². The summed E-state index contributed by atoms with van der Waals surface area (Å²) in [6.07, 6.45) is 0.450. The molecule has 27 heavy (non-hydrogen) atoms. The predicted octanol–water partition coefficient (Wildman–Crippen LogP) is 2.82. The van der Waals surface area contributed by atoms with Gasteiger partial charge in [0.15, 0.2) is 29.8 Å². The maximum absolute atomic E-state index is 12.2. The number of hydrogen-bond donors (Lipinski definition) is 0. The van der Waals surface area contributed by atoms with Gasteiger partial charge in [-0.1, -0.05) is 12.1 Å². The summed E-state index contributed by atoms with van der Waals surface area (Å²) in [7, 11) is 3.07. The number of ketones is 1. The molecule has 142 valence electrons. The van der Waals surface area contributed by atoms with Gasteiger partial charge in [0.2, 0.25) is 0 Å². The van der Waals surface area contributed by atoms with Crippen LogP contribution in [0.15, 0.2) is 23.6 Å². The molecule has 8 heteroatoms. The molecule has 0 bridgehead atoms. The standard InChI is InChI=1S/C19H20N2O5S/c1-12-11-27-19(21-12)14(9-20)15(22)10-26-17(23)8-7-13-5-4-6-16(24-2)18(13)25-3/h4-6,11,14H,7-8,10H2,1-3H3/t14-/m1/s1. The molecular weight excluding hydrogens is 368 g/mol. The Morgan fingerprint density at radius 2 is 2.07 bits per heavy atom. The molecule has 0 aliphatic heterocycles. The summed E-state index contributed by atoms with van der Waals surface area (Å²) < 4.78 is 15.6. The highest BCUT2D eigenvalue weighted by Crippen LogP contribution is 2.31. The fourth-order valence-corrected chi connectivity index (χ4v) is 3.33. The fraction of sp³-hybridized carbons (Fsp3) is 0.368. The zero-order valence-corrected chi connectivity index (χ0v) is 16.2. The number of ether oxygens (including phenoxy) is 3. The molecule has 7 nitrogen and oxygen atoms in total. The summed E-state index contributed by atoms with van der Waals surface area (Å²) in [5.41, 5.74) is 1.54. The average molecular weight is 388 g/mol. The molecule has 0 amide bonds. The molecule has 1 aromatic carbocycles. The molecule has 0 N–H and O–H groups in total.